The van der Waals surface area contributed by atoms with Crippen molar-refractivity contribution in [1.82, 2.24) is 24.1 Å². The van der Waals surface area contributed by atoms with Crippen LogP contribution in [0.25, 0.3) is 134 Å². The molecule has 0 aliphatic heterocycles. The molecular formula is C77H53N5. The molecule has 0 unspecified atom stereocenters. The summed E-state index contributed by atoms with van der Waals surface area (Å²) < 4.78 is 4.28. The Morgan fingerprint density at radius 3 is 1.00 bits per heavy atom. The van der Waals surface area contributed by atoms with Crippen molar-refractivity contribution in [2.24, 2.45) is 0 Å². The average molecular weight is 1050 g/mol. The van der Waals surface area contributed by atoms with Gasteiger partial charge in [-0.2, -0.15) is 0 Å². The van der Waals surface area contributed by atoms with Crippen LogP contribution in [0.2, 0.25) is 0 Å². The Hall–Kier alpha value is -11.0. The number of para-hydroxylation sites is 2. The Labute approximate surface area is 478 Å². The predicted molar refractivity (Wildman–Crippen MR) is 338 cm³/mol. The molecule has 0 N–H and O–H groups in total. The van der Waals surface area contributed by atoms with E-state index in [4.69, 9.17) is 15.0 Å². The van der Waals surface area contributed by atoms with Crippen LogP contribution in [0, 0.1) is 0 Å². The van der Waals surface area contributed by atoms with E-state index in [0.29, 0.717) is 0 Å². The first-order chi connectivity index (χ1) is 40.7. The van der Waals surface area contributed by atoms with Crippen LogP contribution in [-0.4, -0.2) is 24.1 Å². The molecule has 386 valence electrons. The zero-order chi connectivity index (χ0) is 54.6. The Morgan fingerprint density at radius 1 is 0.195 bits per heavy atom. The molecule has 5 nitrogen and oxygen atoms in total. The topological polar surface area (TPSA) is 48.5 Å². The summed E-state index contributed by atoms with van der Waals surface area (Å²) in [4.78, 5) is 14.4. The highest BCUT2D eigenvalue weighted by atomic mass is 15.1. The van der Waals surface area contributed by atoms with Crippen LogP contribution in [0.3, 0.4) is 0 Å². The third-order valence-electron chi connectivity index (χ3n) is 15.5. The van der Waals surface area contributed by atoms with Crippen molar-refractivity contribution < 1.29 is 0 Å². The van der Waals surface area contributed by atoms with Crippen molar-refractivity contribution in [2.75, 3.05) is 0 Å². The predicted octanol–water partition coefficient (Wildman–Crippen LogP) is 19.8. The fraction of sp³-hybridized carbons (Fsp3) is 0. The number of benzene rings is 11. The summed E-state index contributed by atoms with van der Waals surface area (Å²) in [6.45, 7) is 0. The standard InChI is InChI=1S/C77H53N5/c1-4-18-54(19-5-1)55-31-33-58(34-32-55)74-53-61(75-30-16-17-45-78-75)43-44-73(74)72-29-15-14-28-71(72)64-51-62(69-26-12-10-24-67(69)56-35-39-59(40-36-56)76-79-46-48-81(76)65-20-6-2-7-21-65)50-63(52-64)70-27-13-11-25-68(70)57-37-41-60(42-38-57)77-80-47-49-82(77)66-22-8-3-9-23-66/h1-53H. The van der Waals surface area contributed by atoms with Crippen LogP contribution in [0.4, 0.5) is 0 Å². The molecule has 82 heavy (non-hydrogen) atoms. The smallest absolute Gasteiger partial charge is 0.144 e. The molecule has 0 radical (unpaired) electrons. The lowest BCUT2D eigenvalue weighted by atomic mass is 9.84. The van der Waals surface area contributed by atoms with Gasteiger partial charge >= 0.3 is 0 Å². The highest BCUT2D eigenvalue weighted by Gasteiger charge is 2.20. The van der Waals surface area contributed by atoms with E-state index in [-0.39, 0.29) is 0 Å². The van der Waals surface area contributed by atoms with Gasteiger partial charge in [0.2, 0.25) is 0 Å². The molecule has 0 aliphatic rings. The van der Waals surface area contributed by atoms with Gasteiger partial charge in [-0.3, -0.25) is 14.1 Å². The van der Waals surface area contributed by atoms with E-state index in [9.17, 15) is 0 Å². The van der Waals surface area contributed by atoms with E-state index in [1.54, 1.807) is 0 Å². The van der Waals surface area contributed by atoms with E-state index in [1.807, 2.05) is 49.2 Å². The number of nitrogens with zero attached hydrogens (tertiary/aromatic N) is 5. The van der Waals surface area contributed by atoms with E-state index >= 15 is 0 Å². The number of pyridine rings is 1. The zero-order valence-electron chi connectivity index (χ0n) is 44.8. The maximum Gasteiger partial charge on any atom is 0.144 e. The molecule has 14 aromatic rings. The van der Waals surface area contributed by atoms with Crippen LogP contribution in [0.1, 0.15) is 0 Å². The molecule has 5 heteroatoms. The van der Waals surface area contributed by atoms with Crippen LogP contribution >= 0.6 is 0 Å². The molecule has 3 aromatic heterocycles. The highest BCUT2D eigenvalue weighted by Crippen LogP contribution is 2.45. The fourth-order valence-electron chi connectivity index (χ4n) is 11.4. The number of rotatable bonds is 13. The van der Waals surface area contributed by atoms with E-state index in [2.05, 4.69) is 282 Å². The van der Waals surface area contributed by atoms with Crippen LogP contribution < -0.4 is 0 Å². The first-order valence-electron chi connectivity index (χ1n) is 27.7. The van der Waals surface area contributed by atoms with Crippen LogP contribution in [-0.2, 0) is 0 Å². The second-order valence-electron chi connectivity index (χ2n) is 20.4. The normalized spacial score (nSPS) is 11.2. The summed E-state index contributed by atoms with van der Waals surface area (Å²) in [5.41, 5.74) is 24.4. The van der Waals surface area contributed by atoms with Gasteiger partial charge < -0.3 is 0 Å². The molecule has 0 saturated heterocycles. The second kappa shape index (κ2) is 22.0. The molecule has 0 fully saturated rings. The molecule has 14 rings (SSSR count). The number of aromatic nitrogens is 5. The quantitative estimate of drug-likeness (QED) is 0.116. The lowest BCUT2D eigenvalue weighted by Gasteiger charge is -2.19. The third-order valence-corrected chi connectivity index (χ3v) is 15.5. The van der Waals surface area contributed by atoms with Crippen molar-refractivity contribution in [3.63, 3.8) is 0 Å². The number of hydrogen-bond donors (Lipinski definition) is 0. The summed E-state index contributed by atoms with van der Waals surface area (Å²) in [6, 6.07) is 105. The largest absolute Gasteiger partial charge is 0.300 e. The second-order valence-corrected chi connectivity index (χ2v) is 20.4. The van der Waals surface area contributed by atoms with E-state index in [0.717, 1.165) is 123 Å². The fourth-order valence-corrected chi connectivity index (χ4v) is 11.4. The monoisotopic (exact) mass is 1050 g/mol. The molecule has 0 amide bonds. The molecule has 0 spiro atoms. The SMILES string of the molecule is c1ccc(-c2ccc(-c3cc(-c4ccccn4)ccc3-c3ccccc3-c3cc(-c4ccccc4-c4ccc(-c5nccn5-c5ccccc5)cc4)cc(-c4ccccc4-c4ccc(-c5nccn5-c5ccccc5)cc4)c3)cc2)cc1. The minimum Gasteiger partial charge on any atom is -0.300 e. The first kappa shape index (κ1) is 49.3. The summed E-state index contributed by atoms with van der Waals surface area (Å²) in [5.74, 6) is 1.79. The summed E-state index contributed by atoms with van der Waals surface area (Å²) in [5, 5.41) is 0. The summed E-state index contributed by atoms with van der Waals surface area (Å²) >= 11 is 0. The molecule has 0 bridgehead atoms. The Bertz CT molecular complexity index is 4320. The van der Waals surface area contributed by atoms with Gasteiger partial charge in [0.25, 0.3) is 0 Å². The molecule has 0 aliphatic carbocycles. The molecular weight excluding hydrogens is 995 g/mol. The Morgan fingerprint density at radius 2 is 0.537 bits per heavy atom. The Balaban J connectivity index is 0.917. The van der Waals surface area contributed by atoms with Crippen molar-refractivity contribution in [1.29, 1.82) is 0 Å². The first-order valence-corrected chi connectivity index (χ1v) is 27.7. The number of hydrogen-bond acceptors (Lipinski definition) is 3. The Kier molecular flexibility index (Phi) is 13.2. The van der Waals surface area contributed by atoms with Crippen molar-refractivity contribution in [3.8, 4) is 134 Å². The molecule has 0 atom stereocenters. The van der Waals surface area contributed by atoms with Gasteiger partial charge in [-0.1, -0.05) is 231 Å². The highest BCUT2D eigenvalue weighted by molar-refractivity contribution is 5.97. The van der Waals surface area contributed by atoms with Gasteiger partial charge in [-0.05, 0) is 150 Å². The zero-order valence-corrected chi connectivity index (χ0v) is 44.8. The molecule has 11 aromatic carbocycles. The minimum absolute atomic E-state index is 0.896. The van der Waals surface area contributed by atoms with Gasteiger partial charge in [0.15, 0.2) is 0 Å². The maximum absolute atomic E-state index is 4.81. The van der Waals surface area contributed by atoms with Gasteiger partial charge in [0, 0.05) is 59.0 Å². The average Bonchev–Trinajstić information content (AvgIpc) is 4.41. The van der Waals surface area contributed by atoms with Crippen LogP contribution in [0.5, 0.6) is 0 Å². The third kappa shape index (κ3) is 9.74. The molecule has 3 heterocycles. The van der Waals surface area contributed by atoms with Crippen molar-refractivity contribution in [3.05, 3.63) is 322 Å². The lowest BCUT2D eigenvalue weighted by Crippen LogP contribution is -1.96. The minimum atomic E-state index is 0.896. The number of imidazole rings is 2. The van der Waals surface area contributed by atoms with E-state index in [1.165, 1.54) is 11.1 Å². The van der Waals surface area contributed by atoms with Crippen molar-refractivity contribution >= 4 is 0 Å². The van der Waals surface area contributed by atoms with Gasteiger partial charge in [-0.25, -0.2) is 9.97 Å². The van der Waals surface area contributed by atoms with Gasteiger partial charge in [0.05, 0.1) is 5.69 Å². The van der Waals surface area contributed by atoms with Crippen molar-refractivity contribution in [2.45, 2.75) is 0 Å². The van der Waals surface area contributed by atoms with E-state index < -0.39 is 0 Å². The lowest BCUT2D eigenvalue weighted by molar-refractivity contribution is 1.07. The maximum atomic E-state index is 4.81. The van der Waals surface area contributed by atoms with Crippen LogP contribution in [0.15, 0.2) is 322 Å². The summed E-state index contributed by atoms with van der Waals surface area (Å²) in [6.07, 6.45) is 9.64. The van der Waals surface area contributed by atoms with Gasteiger partial charge in [0.1, 0.15) is 11.6 Å². The summed E-state index contributed by atoms with van der Waals surface area (Å²) in [7, 11) is 0. The molecule has 0 saturated carbocycles. The van der Waals surface area contributed by atoms with Gasteiger partial charge in [-0.15, -0.1) is 0 Å².